The fraction of sp³-hybridized carbons (Fsp3) is 0.850. The SMILES string of the molecule is CCCCCC(O)CC=C1CC[C@H](O)[C@@H]1CCCCCCC(=O)O. The van der Waals surface area contributed by atoms with E-state index in [0.29, 0.717) is 6.42 Å². The zero-order valence-corrected chi connectivity index (χ0v) is 15.3. The van der Waals surface area contributed by atoms with Crippen molar-refractivity contribution in [2.45, 2.75) is 103 Å². The number of aliphatic hydroxyl groups is 2. The Kier molecular flexibility index (Phi) is 11.0. The Hall–Kier alpha value is -0.870. The molecule has 1 unspecified atom stereocenters. The highest BCUT2D eigenvalue weighted by Crippen LogP contribution is 2.35. The van der Waals surface area contributed by atoms with Crippen LogP contribution in [0.5, 0.6) is 0 Å². The molecule has 1 saturated carbocycles. The van der Waals surface area contributed by atoms with Crippen LogP contribution in [0.2, 0.25) is 0 Å². The molecule has 1 aliphatic rings. The lowest BCUT2D eigenvalue weighted by Gasteiger charge is -2.17. The Balaban J connectivity index is 2.27. The van der Waals surface area contributed by atoms with Gasteiger partial charge in [-0.3, -0.25) is 4.79 Å². The van der Waals surface area contributed by atoms with Gasteiger partial charge in [-0.2, -0.15) is 0 Å². The molecule has 0 heterocycles. The van der Waals surface area contributed by atoms with E-state index in [9.17, 15) is 15.0 Å². The smallest absolute Gasteiger partial charge is 0.303 e. The Bertz CT molecular complexity index is 378. The number of carboxylic acid groups (broad SMARTS) is 1. The van der Waals surface area contributed by atoms with Gasteiger partial charge in [0.25, 0.3) is 0 Å². The Morgan fingerprint density at radius 3 is 2.67 bits per heavy atom. The van der Waals surface area contributed by atoms with Gasteiger partial charge in [0, 0.05) is 12.3 Å². The van der Waals surface area contributed by atoms with Gasteiger partial charge < -0.3 is 15.3 Å². The van der Waals surface area contributed by atoms with Crippen LogP contribution in [-0.4, -0.2) is 33.5 Å². The van der Waals surface area contributed by atoms with Crippen LogP contribution in [0.1, 0.15) is 90.4 Å². The van der Waals surface area contributed by atoms with Crippen LogP contribution in [0.25, 0.3) is 0 Å². The predicted molar refractivity (Wildman–Crippen MR) is 96.9 cm³/mol. The number of rotatable bonds is 13. The number of hydrogen-bond acceptors (Lipinski definition) is 3. The van der Waals surface area contributed by atoms with Crippen LogP contribution in [0.4, 0.5) is 0 Å². The van der Waals surface area contributed by atoms with Gasteiger partial charge in [-0.05, 0) is 38.5 Å². The lowest BCUT2D eigenvalue weighted by atomic mass is 9.92. The summed E-state index contributed by atoms with van der Waals surface area (Å²) in [6, 6.07) is 0. The molecule has 0 radical (unpaired) electrons. The van der Waals surface area contributed by atoms with Crippen molar-refractivity contribution >= 4 is 5.97 Å². The fourth-order valence-corrected chi connectivity index (χ4v) is 3.61. The van der Waals surface area contributed by atoms with Crippen LogP contribution >= 0.6 is 0 Å². The number of carbonyl (C=O) groups is 1. The van der Waals surface area contributed by atoms with Crippen LogP contribution in [0.15, 0.2) is 11.6 Å². The molecule has 140 valence electrons. The molecule has 0 aliphatic heterocycles. The van der Waals surface area contributed by atoms with E-state index in [0.717, 1.165) is 57.8 Å². The summed E-state index contributed by atoms with van der Waals surface area (Å²) < 4.78 is 0. The Morgan fingerprint density at radius 2 is 1.96 bits per heavy atom. The zero-order valence-electron chi connectivity index (χ0n) is 15.3. The van der Waals surface area contributed by atoms with Gasteiger partial charge in [-0.1, -0.05) is 57.1 Å². The third kappa shape index (κ3) is 8.84. The van der Waals surface area contributed by atoms with Gasteiger partial charge in [0.2, 0.25) is 0 Å². The second-order valence-corrected chi connectivity index (χ2v) is 7.22. The highest BCUT2D eigenvalue weighted by atomic mass is 16.4. The molecular formula is C20H36O4. The standard InChI is InChI=1S/C20H36O4/c1-2-3-6-9-17(21)14-12-16-13-15-19(22)18(16)10-7-4-5-8-11-20(23)24/h12,17-19,21-22H,2-11,13-15H2,1H3,(H,23,24)/t17?,18-,19+/m1/s1. The second-order valence-electron chi connectivity index (χ2n) is 7.22. The molecule has 0 aromatic rings. The molecule has 0 aromatic carbocycles. The molecule has 4 nitrogen and oxygen atoms in total. The first-order valence-corrected chi connectivity index (χ1v) is 9.81. The third-order valence-electron chi connectivity index (χ3n) is 5.12. The summed E-state index contributed by atoms with van der Waals surface area (Å²) in [5, 5.41) is 28.9. The molecular weight excluding hydrogens is 304 g/mol. The van der Waals surface area contributed by atoms with Crippen molar-refractivity contribution in [1.29, 1.82) is 0 Å². The first-order valence-electron chi connectivity index (χ1n) is 9.81. The number of aliphatic carboxylic acids is 1. The van der Waals surface area contributed by atoms with Gasteiger partial charge >= 0.3 is 5.97 Å². The number of unbranched alkanes of at least 4 members (excludes halogenated alkanes) is 5. The lowest BCUT2D eigenvalue weighted by Crippen LogP contribution is -2.14. The first kappa shape index (κ1) is 21.2. The molecule has 1 fully saturated rings. The van der Waals surface area contributed by atoms with Crippen molar-refractivity contribution in [1.82, 2.24) is 0 Å². The van der Waals surface area contributed by atoms with Crippen molar-refractivity contribution in [3.8, 4) is 0 Å². The largest absolute Gasteiger partial charge is 0.481 e. The minimum atomic E-state index is -0.719. The van der Waals surface area contributed by atoms with Crippen LogP contribution in [0.3, 0.4) is 0 Å². The molecule has 0 saturated heterocycles. The normalized spacial score (nSPS) is 23.7. The molecule has 3 N–H and O–H groups in total. The maximum Gasteiger partial charge on any atom is 0.303 e. The molecule has 0 aromatic heterocycles. The summed E-state index contributed by atoms with van der Waals surface area (Å²) in [4.78, 5) is 10.5. The van der Waals surface area contributed by atoms with E-state index < -0.39 is 5.97 Å². The minimum Gasteiger partial charge on any atom is -0.481 e. The number of carboxylic acids is 1. The summed E-state index contributed by atoms with van der Waals surface area (Å²) in [7, 11) is 0. The van der Waals surface area contributed by atoms with E-state index in [4.69, 9.17) is 5.11 Å². The van der Waals surface area contributed by atoms with Gasteiger partial charge in [0.05, 0.1) is 12.2 Å². The van der Waals surface area contributed by atoms with Crippen molar-refractivity contribution in [3.63, 3.8) is 0 Å². The quantitative estimate of drug-likeness (QED) is 0.342. The van der Waals surface area contributed by atoms with E-state index in [1.54, 1.807) is 0 Å². The Morgan fingerprint density at radius 1 is 1.21 bits per heavy atom. The van der Waals surface area contributed by atoms with Gasteiger partial charge in [0.1, 0.15) is 0 Å². The van der Waals surface area contributed by atoms with Gasteiger partial charge in [0.15, 0.2) is 0 Å². The average molecular weight is 341 g/mol. The van der Waals surface area contributed by atoms with Crippen LogP contribution in [0, 0.1) is 5.92 Å². The monoisotopic (exact) mass is 340 g/mol. The Labute approximate surface area is 147 Å². The summed E-state index contributed by atoms with van der Waals surface area (Å²) in [5.74, 6) is -0.476. The minimum absolute atomic E-state index is 0.243. The summed E-state index contributed by atoms with van der Waals surface area (Å²) in [5.41, 5.74) is 1.32. The van der Waals surface area contributed by atoms with Gasteiger partial charge in [-0.25, -0.2) is 0 Å². The average Bonchev–Trinajstić information content (AvgIpc) is 2.89. The molecule has 0 bridgehead atoms. The summed E-state index contributed by atoms with van der Waals surface area (Å²) >= 11 is 0. The highest BCUT2D eigenvalue weighted by molar-refractivity contribution is 5.66. The maximum atomic E-state index is 10.5. The summed E-state index contributed by atoms with van der Waals surface area (Å²) in [6.07, 6.45) is 13.5. The van der Waals surface area contributed by atoms with E-state index >= 15 is 0 Å². The fourth-order valence-electron chi connectivity index (χ4n) is 3.61. The molecule has 0 spiro atoms. The molecule has 0 amide bonds. The summed E-state index contributed by atoms with van der Waals surface area (Å²) in [6.45, 7) is 2.17. The maximum absolute atomic E-state index is 10.5. The van der Waals surface area contributed by atoms with E-state index in [1.165, 1.54) is 18.4 Å². The van der Waals surface area contributed by atoms with Gasteiger partial charge in [-0.15, -0.1) is 0 Å². The lowest BCUT2D eigenvalue weighted by molar-refractivity contribution is -0.137. The molecule has 1 aliphatic carbocycles. The third-order valence-corrected chi connectivity index (χ3v) is 5.12. The molecule has 4 heteroatoms. The van der Waals surface area contributed by atoms with Crippen LogP contribution < -0.4 is 0 Å². The highest BCUT2D eigenvalue weighted by Gasteiger charge is 2.29. The van der Waals surface area contributed by atoms with Crippen molar-refractivity contribution in [2.24, 2.45) is 5.92 Å². The second kappa shape index (κ2) is 12.5. The number of aliphatic hydroxyl groups excluding tert-OH is 2. The topological polar surface area (TPSA) is 77.8 Å². The van der Waals surface area contributed by atoms with E-state index in [1.807, 2.05) is 0 Å². The van der Waals surface area contributed by atoms with E-state index in [2.05, 4.69) is 13.0 Å². The van der Waals surface area contributed by atoms with E-state index in [-0.39, 0.29) is 24.5 Å². The van der Waals surface area contributed by atoms with Crippen molar-refractivity contribution in [3.05, 3.63) is 11.6 Å². The first-order chi connectivity index (χ1) is 11.5. The predicted octanol–water partition coefficient (Wildman–Crippen LogP) is 4.44. The van der Waals surface area contributed by atoms with Crippen molar-refractivity contribution in [2.75, 3.05) is 0 Å². The molecule has 1 rings (SSSR count). The molecule has 3 atom stereocenters. The van der Waals surface area contributed by atoms with Crippen LogP contribution in [-0.2, 0) is 4.79 Å². The molecule has 24 heavy (non-hydrogen) atoms. The van der Waals surface area contributed by atoms with Crippen molar-refractivity contribution < 1.29 is 20.1 Å². The zero-order chi connectivity index (χ0) is 17.8. The number of hydrogen-bond donors (Lipinski definition) is 3.